The molecule has 2 unspecified atom stereocenters. The van der Waals surface area contributed by atoms with Gasteiger partial charge in [-0.25, -0.2) is 0 Å². The summed E-state index contributed by atoms with van der Waals surface area (Å²) in [5.41, 5.74) is 1.41. The first kappa shape index (κ1) is 14.6. The van der Waals surface area contributed by atoms with Crippen LogP contribution in [0.25, 0.3) is 0 Å². The lowest BCUT2D eigenvalue weighted by atomic mass is 10.1. The van der Waals surface area contributed by atoms with Gasteiger partial charge >= 0.3 is 0 Å². The molecule has 0 bridgehead atoms. The Kier molecular flexibility index (Phi) is 7.38. The second kappa shape index (κ2) is 8.60. The van der Waals surface area contributed by atoms with E-state index in [2.05, 4.69) is 68.2 Å². The highest BCUT2D eigenvalue weighted by molar-refractivity contribution is 7.99. The van der Waals surface area contributed by atoms with Gasteiger partial charge in [-0.1, -0.05) is 51.1 Å². The Labute approximate surface area is 110 Å². The number of thioether (sulfide) groups is 1. The first-order valence-corrected chi connectivity index (χ1v) is 7.72. The molecule has 0 aromatic heterocycles. The highest BCUT2D eigenvalue weighted by Crippen LogP contribution is 2.22. The van der Waals surface area contributed by atoms with Crippen LogP contribution in [0.2, 0.25) is 0 Å². The molecule has 1 aromatic carbocycles. The third-order valence-corrected chi connectivity index (χ3v) is 4.39. The maximum Gasteiger partial charge on any atom is 0.0411 e. The number of nitrogens with one attached hydrogen (secondary N) is 1. The van der Waals surface area contributed by atoms with Crippen LogP contribution < -0.4 is 5.32 Å². The van der Waals surface area contributed by atoms with Crippen LogP contribution in [-0.2, 0) is 0 Å². The second-order valence-electron chi connectivity index (χ2n) is 4.47. The summed E-state index contributed by atoms with van der Waals surface area (Å²) in [6.07, 6.45) is 2.44. The summed E-state index contributed by atoms with van der Waals surface area (Å²) in [5, 5.41) is 4.40. The molecule has 1 aromatic rings. The molecule has 1 N–H and O–H groups in total. The molecule has 0 amide bonds. The minimum Gasteiger partial charge on any atom is -0.309 e. The molecule has 0 aliphatic heterocycles. The summed E-state index contributed by atoms with van der Waals surface area (Å²) < 4.78 is 0. The van der Waals surface area contributed by atoms with Crippen molar-refractivity contribution in [3.63, 3.8) is 0 Å². The van der Waals surface area contributed by atoms with Crippen molar-refractivity contribution in [2.24, 2.45) is 0 Å². The number of benzene rings is 1. The van der Waals surface area contributed by atoms with Crippen molar-refractivity contribution < 1.29 is 0 Å². The normalized spacial score (nSPS) is 14.5. The monoisotopic (exact) mass is 251 g/mol. The van der Waals surface area contributed by atoms with Crippen LogP contribution >= 0.6 is 11.8 Å². The lowest BCUT2D eigenvalue weighted by Gasteiger charge is -2.20. The van der Waals surface area contributed by atoms with E-state index in [4.69, 9.17) is 0 Å². The zero-order valence-corrected chi connectivity index (χ0v) is 12.1. The summed E-state index contributed by atoms with van der Waals surface area (Å²) in [7, 11) is 0. The molecule has 1 rings (SSSR count). The average molecular weight is 251 g/mol. The molecule has 2 heteroatoms. The molecule has 0 spiro atoms. The molecule has 0 saturated carbocycles. The van der Waals surface area contributed by atoms with Gasteiger partial charge in [-0.05, 0) is 24.9 Å². The van der Waals surface area contributed by atoms with E-state index >= 15 is 0 Å². The van der Waals surface area contributed by atoms with Gasteiger partial charge in [0.1, 0.15) is 0 Å². The van der Waals surface area contributed by atoms with Gasteiger partial charge in [-0.2, -0.15) is 11.8 Å². The molecule has 0 heterocycles. The van der Waals surface area contributed by atoms with E-state index in [1.54, 1.807) is 0 Å². The predicted octanol–water partition coefficient (Wildman–Crippen LogP) is 4.26. The Balaban J connectivity index is 2.54. The van der Waals surface area contributed by atoms with Gasteiger partial charge in [0.05, 0.1) is 0 Å². The van der Waals surface area contributed by atoms with Gasteiger partial charge < -0.3 is 5.32 Å². The van der Waals surface area contributed by atoms with Crippen LogP contribution in [0.5, 0.6) is 0 Å². The Morgan fingerprint density at radius 2 is 1.88 bits per heavy atom. The van der Waals surface area contributed by atoms with E-state index < -0.39 is 0 Å². The van der Waals surface area contributed by atoms with Crippen LogP contribution in [0.4, 0.5) is 0 Å². The highest BCUT2D eigenvalue weighted by Gasteiger charge is 2.11. The fraction of sp³-hybridized carbons (Fsp3) is 0.600. The summed E-state index contributed by atoms with van der Waals surface area (Å²) in [6, 6.07) is 11.3. The summed E-state index contributed by atoms with van der Waals surface area (Å²) in [5.74, 6) is 1.17. The van der Waals surface area contributed by atoms with Crippen molar-refractivity contribution >= 4 is 11.8 Å². The molecular formula is C15H25NS. The first-order chi connectivity index (χ1) is 8.27. The highest BCUT2D eigenvalue weighted by atomic mass is 32.2. The van der Waals surface area contributed by atoms with Crippen molar-refractivity contribution in [3.8, 4) is 0 Å². The molecule has 2 atom stereocenters. The fourth-order valence-corrected chi connectivity index (χ4v) is 2.72. The van der Waals surface area contributed by atoms with Gasteiger partial charge in [0.25, 0.3) is 0 Å². The van der Waals surface area contributed by atoms with E-state index in [0.717, 1.165) is 11.8 Å². The topological polar surface area (TPSA) is 12.0 Å². The van der Waals surface area contributed by atoms with Crippen molar-refractivity contribution in [1.29, 1.82) is 0 Å². The van der Waals surface area contributed by atoms with Gasteiger partial charge in [0.15, 0.2) is 0 Å². The average Bonchev–Trinajstić information content (AvgIpc) is 2.39. The van der Waals surface area contributed by atoms with E-state index in [1.165, 1.54) is 24.2 Å². The number of hydrogen-bond donors (Lipinski definition) is 1. The molecule has 0 fully saturated rings. The third-order valence-electron chi connectivity index (χ3n) is 2.97. The zero-order valence-electron chi connectivity index (χ0n) is 11.3. The molecular weight excluding hydrogens is 226 g/mol. The van der Waals surface area contributed by atoms with Crippen LogP contribution in [0.1, 0.15) is 45.2 Å². The van der Waals surface area contributed by atoms with Crippen LogP contribution in [0.3, 0.4) is 0 Å². The van der Waals surface area contributed by atoms with Gasteiger partial charge in [0, 0.05) is 17.0 Å². The maximum atomic E-state index is 3.64. The molecule has 0 aliphatic rings. The quantitative estimate of drug-likeness (QED) is 0.741. The number of hydrogen-bond acceptors (Lipinski definition) is 2. The first-order valence-electron chi connectivity index (χ1n) is 6.67. The Morgan fingerprint density at radius 1 is 1.18 bits per heavy atom. The van der Waals surface area contributed by atoms with E-state index in [1.807, 2.05) is 0 Å². The van der Waals surface area contributed by atoms with Crippen LogP contribution in [0.15, 0.2) is 30.3 Å². The summed E-state index contributed by atoms with van der Waals surface area (Å²) >= 11 is 2.07. The van der Waals surface area contributed by atoms with E-state index in [0.29, 0.717) is 6.04 Å². The van der Waals surface area contributed by atoms with Crippen molar-refractivity contribution in [2.75, 3.05) is 12.3 Å². The molecule has 0 aliphatic carbocycles. The Bertz CT molecular complexity index is 286. The smallest absolute Gasteiger partial charge is 0.0411 e. The minimum absolute atomic E-state index is 0.496. The second-order valence-corrected chi connectivity index (χ2v) is 5.94. The minimum atomic E-state index is 0.496. The lowest BCUT2D eigenvalue weighted by Crippen LogP contribution is -2.24. The van der Waals surface area contributed by atoms with Crippen molar-refractivity contribution in [2.45, 2.75) is 44.9 Å². The van der Waals surface area contributed by atoms with Gasteiger partial charge in [-0.15, -0.1) is 0 Å². The molecule has 96 valence electrons. The van der Waals surface area contributed by atoms with Crippen LogP contribution in [-0.4, -0.2) is 17.5 Å². The maximum absolute atomic E-state index is 3.64. The zero-order chi connectivity index (χ0) is 12.5. The Hall–Kier alpha value is -0.470. The van der Waals surface area contributed by atoms with E-state index in [-0.39, 0.29) is 0 Å². The third kappa shape index (κ3) is 5.60. The van der Waals surface area contributed by atoms with E-state index in [9.17, 15) is 0 Å². The Morgan fingerprint density at radius 3 is 2.47 bits per heavy atom. The van der Waals surface area contributed by atoms with Crippen LogP contribution in [0, 0.1) is 0 Å². The standard InChI is InChI=1S/C15H25NS/c1-4-11-16-15(12-17-13(3)5-2)14-9-7-6-8-10-14/h6-10,13,15-16H,4-5,11-12H2,1-3H3. The SMILES string of the molecule is CCCNC(CSC(C)CC)c1ccccc1. The van der Waals surface area contributed by atoms with Crippen molar-refractivity contribution in [1.82, 2.24) is 5.32 Å². The predicted molar refractivity (Wildman–Crippen MR) is 79.7 cm³/mol. The molecule has 0 radical (unpaired) electrons. The largest absolute Gasteiger partial charge is 0.309 e. The van der Waals surface area contributed by atoms with Gasteiger partial charge in [0.2, 0.25) is 0 Å². The molecule has 1 nitrogen and oxygen atoms in total. The molecule has 0 saturated heterocycles. The summed E-state index contributed by atoms with van der Waals surface area (Å²) in [6.45, 7) is 7.89. The van der Waals surface area contributed by atoms with Crippen molar-refractivity contribution in [3.05, 3.63) is 35.9 Å². The number of rotatable bonds is 8. The molecule has 17 heavy (non-hydrogen) atoms. The lowest BCUT2D eigenvalue weighted by molar-refractivity contribution is 0.576. The fourth-order valence-electron chi connectivity index (χ4n) is 1.66. The summed E-state index contributed by atoms with van der Waals surface area (Å²) in [4.78, 5) is 0. The van der Waals surface area contributed by atoms with Gasteiger partial charge in [-0.3, -0.25) is 0 Å².